The molecule has 1 amide bonds. The van der Waals surface area contributed by atoms with Gasteiger partial charge in [-0.05, 0) is 42.3 Å². The molecule has 0 bridgehead atoms. The van der Waals surface area contributed by atoms with Crippen molar-refractivity contribution in [3.8, 4) is 22.7 Å². The second-order valence-electron chi connectivity index (χ2n) is 7.57. The zero-order chi connectivity index (χ0) is 21.9. The average Bonchev–Trinajstić information content (AvgIpc) is 3.30. The van der Waals surface area contributed by atoms with Crippen LogP contribution < -0.4 is 10.1 Å². The molecular weight excluding hydrogens is 418 g/mol. The molecule has 5 nitrogen and oxygen atoms in total. The van der Waals surface area contributed by atoms with Crippen LogP contribution in [-0.4, -0.2) is 28.6 Å². The van der Waals surface area contributed by atoms with Crippen LogP contribution >= 0.6 is 11.8 Å². The maximum Gasteiger partial charge on any atom is 0.255 e. The summed E-state index contributed by atoms with van der Waals surface area (Å²) in [7, 11) is 1.63. The molecule has 2 heterocycles. The van der Waals surface area contributed by atoms with Crippen LogP contribution in [0.3, 0.4) is 0 Å². The highest BCUT2D eigenvalue weighted by atomic mass is 32.2. The Kier molecular flexibility index (Phi) is 5.69. The number of hydrogen-bond donors (Lipinski definition) is 1. The van der Waals surface area contributed by atoms with Crippen molar-refractivity contribution in [3.63, 3.8) is 0 Å². The SMILES string of the molecule is COc1ccccc1-c1nn(-c2ccccc2)cc1C(=O)N[C@@H]1CCSc2ccccc21. The first-order valence-electron chi connectivity index (χ1n) is 10.6. The van der Waals surface area contributed by atoms with E-state index >= 15 is 0 Å². The number of fused-ring (bicyclic) bond motifs is 1. The molecule has 1 atom stereocenters. The zero-order valence-corrected chi connectivity index (χ0v) is 18.5. The third-order valence-electron chi connectivity index (χ3n) is 5.61. The van der Waals surface area contributed by atoms with Crippen LogP contribution in [0.15, 0.2) is 90.0 Å². The highest BCUT2D eigenvalue weighted by Crippen LogP contribution is 2.37. The summed E-state index contributed by atoms with van der Waals surface area (Å²) in [5.74, 6) is 1.52. The van der Waals surface area contributed by atoms with Crippen molar-refractivity contribution in [2.45, 2.75) is 17.4 Å². The van der Waals surface area contributed by atoms with Crippen LogP contribution in [0.5, 0.6) is 5.75 Å². The van der Waals surface area contributed by atoms with E-state index in [0.29, 0.717) is 17.0 Å². The number of aromatic nitrogens is 2. The Morgan fingerprint density at radius 3 is 2.62 bits per heavy atom. The van der Waals surface area contributed by atoms with E-state index in [0.717, 1.165) is 23.4 Å². The smallest absolute Gasteiger partial charge is 0.255 e. The summed E-state index contributed by atoms with van der Waals surface area (Å²) in [5.41, 5.74) is 3.97. The second-order valence-corrected chi connectivity index (χ2v) is 8.71. The third-order valence-corrected chi connectivity index (χ3v) is 6.73. The molecule has 1 aliphatic heterocycles. The number of hydrogen-bond acceptors (Lipinski definition) is 4. The standard InChI is InChI=1S/C26H23N3O2S/c1-31-23-13-7-5-12-20(23)25-21(17-29(28-25)18-9-3-2-4-10-18)26(30)27-22-15-16-32-24-14-8-6-11-19(22)24/h2-14,17,22H,15-16H2,1H3,(H,27,30)/t22-/m1/s1. The first-order chi connectivity index (χ1) is 15.7. The highest BCUT2D eigenvalue weighted by molar-refractivity contribution is 7.99. The van der Waals surface area contributed by atoms with E-state index in [1.165, 1.54) is 10.5 Å². The molecule has 6 heteroatoms. The van der Waals surface area contributed by atoms with Crippen LogP contribution in [0, 0.1) is 0 Å². The Morgan fingerprint density at radius 1 is 1.03 bits per heavy atom. The number of amides is 1. The second kappa shape index (κ2) is 8.93. The molecule has 5 rings (SSSR count). The molecule has 0 fully saturated rings. The molecule has 0 unspecified atom stereocenters. The van der Waals surface area contributed by atoms with Crippen LogP contribution in [0.4, 0.5) is 0 Å². The lowest BCUT2D eigenvalue weighted by Crippen LogP contribution is -2.30. The zero-order valence-electron chi connectivity index (χ0n) is 17.7. The Labute approximate surface area is 191 Å². The highest BCUT2D eigenvalue weighted by Gasteiger charge is 2.26. The van der Waals surface area contributed by atoms with Crippen molar-refractivity contribution in [1.29, 1.82) is 0 Å². The van der Waals surface area contributed by atoms with Crippen molar-refractivity contribution in [2.24, 2.45) is 0 Å². The molecular formula is C26H23N3O2S. The first kappa shape index (κ1) is 20.4. The van der Waals surface area contributed by atoms with Gasteiger partial charge in [0, 0.05) is 22.4 Å². The Hall–Kier alpha value is -3.51. The van der Waals surface area contributed by atoms with Gasteiger partial charge in [-0.1, -0.05) is 48.5 Å². The number of methoxy groups -OCH3 is 1. The van der Waals surface area contributed by atoms with E-state index in [1.807, 2.05) is 78.5 Å². The molecule has 0 saturated carbocycles. The molecule has 1 aliphatic rings. The summed E-state index contributed by atoms with van der Waals surface area (Å²) in [6, 6.07) is 25.7. The van der Waals surface area contributed by atoms with Crippen molar-refractivity contribution in [1.82, 2.24) is 15.1 Å². The van der Waals surface area contributed by atoms with E-state index in [-0.39, 0.29) is 11.9 Å². The molecule has 160 valence electrons. The fourth-order valence-electron chi connectivity index (χ4n) is 4.02. The largest absolute Gasteiger partial charge is 0.496 e. The van der Waals surface area contributed by atoms with E-state index in [9.17, 15) is 4.79 Å². The number of nitrogens with zero attached hydrogens (tertiary/aromatic N) is 2. The number of rotatable bonds is 5. The summed E-state index contributed by atoms with van der Waals surface area (Å²) in [6.07, 6.45) is 2.69. The van der Waals surface area contributed by atoms with Gasteiger partial charge in [-0.3, -0.25) is 4.79 Å². The maximum atomic E-state index is 13.5. The summed E-state index contributed by atoms with van der Waals surface area (Å²) in [5, 5.41) is 8.05. The van der Waals surface area contributed by atoms with Gasteiger partial charge in [-0.15, -0.1) is 11.8 Å². The summed E-state index contributed by atoms with van der Waals surface area (Å²) >= 11 is 1.84. The van der Waals surface area contributed by atoms with E-state index in [4.69, 9.17) is 9.84 Å². The van der Waals surface area contributed by atoms with Crippen molar-refractivity contribution >= 4 is 17.7 Å². The topological polar surface area (TPSA) is 56.2 Å². The molecule has 4 aromatic rings. The molecule has 32 heavy (non-hydrogen) atoms. The van der Waals surface area contributed by atoms with Gasteiger partial charge in [0.1, 0.15) is 11.4 Å². The average molecular weight is 442 g/mol. The number of carbonyl (C=O) groups excluding carboxylic acids is 1. The molecule has 0 aliphatic carbocycles. The van der Waals surface area contributed by atoms with Crippen molar-refractivity contribution < 1.29 is 9.53 Å². The summed E-state index contributed by atoms with van der Waals surface area (Å²) in [4.78, 5) is 14.8. The number of ether oxygens (including phenoxy) is 1. The Balaban J connectivity index is 1.55. The lowest BCUT2D eigenvalue weighted by Gasteiger charge is -2.25. The van der Waals surface area contributed by atoms with Crippen LogP contribution in [0.2, 0.25) is 0 Å². The van der Waals surface area contributed by atoms with E-state index in [1.54, 1.807) is 18.0 Å². The number of para-hydroxylation sites is 2. The van der Waals surface area contributed by atoms with Gasteiger partial charge in [0.15, 0.2) is 0 Å². The van der Waals surface area contributed by atoms with Crippen LogP contribution in [0.1, 0.15) is 28.4 Å². The maximum absolute atomic E-state index is 13.5. The molecule has 0 radical (unpaired) electrons. The monoisotopic (exact) mass is 441 g/mol. The Morgan fingerprint density at radius 2 is 1.78 bits per heavy atom. The number of nitrogens with one attached hydrogen (secondary N) is 1. The first-order valence-corrected chi connectivity index (χ1v) is 11.5. The predicted octanol–water partition coefficient (Wildman–Crippen LogP) is 5.51. The quantitative estimate of drug-likeness (QED) is 0.443. The minimum atomic E-state index is -0.139. The summed E-state index contributed by atoms with van der Waals surface area (Å²) in [6.45, 7) is 0. The molecule has 3 aromatic carbocycles. The van der Waals surface area contributed by atoms with Gasteiger partial charge < -0.3 is 10.1 Å². The van der Waals surface area contributed by atoms with Gasteiger partial charge in [0.25, 0.3) is 5.91 Å². The van der Waals surface area contributed by atoms with Gasteiger partial charge in [-0.25, -0.2) is 4.68 Å². The number of thioether (sulfide) groups is 1. The summed E-state index contributed by atoms with van der Waals surface area (Å²) < 4.78 is 7.31. The van der Waals surface area contributed by atoms with Crippen LogP contribution in [-0.2, 0) is 0 Å². The molecule has 1 aromatic heterocycles. The minimum Gasteiger partial charge on any atom is -0.496 e. The van der Waals surface area contributed by atoms with Gasteiger partial charge in [-0.2, -0.15) is 5.10 Å². The Bertz CT molecular complexity index is 1250. The third kappa shape index (κ3) is 3.89. The fourth-order valence-corrected chi connectivity index (χ4v) is 5.15. The van der Waals surface area contributed by atoms with Crippen LogP contribution in [0.25, 0.3) is 16.9 Å². The predicted molar refractivity (Wildman–Crippen MR) is 128 cm³/mol. The molecule has 0 saturated heterocycles. The van der Waals surface area contributed by atoms with Crippen molar-refractivity contribution in [3.05, 3.63) is 96.2 Å². The minimum absolute atomic E-state index is 0.0226. The normalized spacial score (nSPS) is 15.1. The number of benzene rings is 3. The number of carbonyl (C=O) groups is 1. The van der Waals surface area contributed by atoms with E-state index < -0.39 is 0 Å². The fraction of sp³-hybridized carbons (Fsp3) is 0.154. The van der Waals surface area contributed by atoms with Gasteiger partial charge in [0.2, 0.25) is 0 Å². The van der Waals surface area contributed by atoms with Gasteiger partial charge >= 0.3 is 0 Å². The van der Waals surface area contributed by atoms with Crippen molar-refractivity contribution in [2.75, 3.05) is 12.9 Å². The van der Waals surface area contributed by atoms with E-state index in [2.05, 4.69) is 17.4 Å². The molecule has 1 N–H and O–H groups in total. The lowest BCUT2D eigenvalue weighted by atomic mass is 10.0. The lowest BCUT2D eigenvalue weighted by molar-refractivity contribution is 0.0935. The van der Waals surface area contributed by atoms with Gasteiger partial charge in [0.05, 0.1) is 24.4 Å². The molecule has 0 spiro atoms.